The molecule has 1 aliphatic rings. The van der Waals surface area contributed by atoms with E-state index in [9.17, 15) is 0 Å². The maximum absolute atomic E-state index is 2.38. The third kappa shape index (κ3) is 2.80. The van der Waals surface area contributed by atoms with Crippen molar-refractivity contribution in [2.75, 3.05) is 18.5 Å². The monoisotopic (exact) mass is 381 g/mol. The molecule has 0 bridgehead atoms. The van der Waals surface area contributed by atoms with Gasteiger partial charge in [-0.15, -0.1) is 0 Å². The Morgan fingerprint density at radius 2 is 1.69 bits per heavy atom. The second-order valence-corrected chi connectivity index (χ2v) is 8.99. The van der Waals surface area contributed by atoms with Crippen LogP contribution in [0.1, 0.15) is 27.2 Å². The van der Waals surface area contributed by atoms with Crippen molar-refractivity contribution in [2.24, 2.45) is 0 Å². The Kier molecular flexibility index (Phi) is 6.50. The summed E-state index contributed by atoms with van der Waals surface area (Å²) >= 11 is 0. The van der Waals surface area contributed by atoms with Crippen LogP contribution in [0.4, 0.5) is 0 Å². The van der Waals surface area contributed by atoms with Gasteiger partial charge in [-0.25, -0.2) is 0 Å². The molecule has 0 heterocycles. The first-order valence-corrected chi connectivity index (χ1v) is 7.77. The van der Waals surface area contributed by atoms with E-state index in [1.54, 1.807) is 5.31 Å². The van der Waals surface area contributed by atoms with Crippen molar-refractivity contribution in [1.82, 2.24) is 0 Å². The molecule has 13 heavy (non-hydrogen) atoms. The Morgan fingerprint density at radius 1 is 1.15 bits per heavy atom. The standard InChI is InChI=1S/C11H21P.Au/c1-4-12(5-2,6-3)11-9-7-8-10-11;/h7-9,12H,4-6,10H2,1-3H3;. The quantitative estimate of drug-likeness (QED) is 0.515. The molecule has 0 aromatic rings. The molecule has 0 aliphatic heterocycles. The van der Waals surface area contributed by atoms with E-state index in [1.807, 2.05) is 0 Å². The van der Waals surface area contributed by atoms with Gasteiger partial charge in [0.1, 0.15) is 0 Å². The van der Waals surface area contributed by atoms with E-state index in [1.165, 1.54) is 24.9 Å². The summed E-state index contributed by atoms with van der Waals surface area (Å²) < 4.78 is 0. The minimum absolute atomic E-state index is 0. The van der Waals surface area contributed by atoms with Gasteiger partial charge in [0.15, 0.2) is 0 Å². The Morgan fingerprint density at radius 3 is 2.00 bits per heavy atom. The molecule has 0 N–H and O–H groups in total. The van der Waals surface area contributed by atoms with Crippen LogP contribution in [0.2, 0.25) is 0 Å². The summed E-state index contributed by atoms with van der Waals surface area (Å²) in [4.78, 5) is 0. The molecule has 0 aromatic heterocycles. The normalized spacial score (nSPS) is 16.7. The summed E-state index contributed by atoms with van der Waals surface area (Å²) in [6, 6.07) is 0. The van der Waals surface area contributed by atoms with Gasteiger partial charge in [0.05, 0.1) is 0 Å². The molecule has 0 saturated carbocycles. The average molecular weight is 381 g/mol. The van der Waals surface area contributed by atoms with Crippen molar-refractivity contribution in [3.05, 3.63) is 23.5 Å². The second kappa shape index (κ2) is 6.19. The molecule has 0 aromatic carbocycles. The van der Waals surface area contributed by atoms with Crippen LogP contribution in [0.15, 0.2) is 23.5 Å². The molecular formula is C11H21AuP. The first-order valence-electron chi connectivity index (χ1n) is 5.15. The third-order valence-electron chi connectivity index (χ3n) is 3.48. The van der Waals surface area contributed by atoms with E-state index in [0.717, 1.165) is 0 Å². The van der Waals surface area contributed by atoms with Gasteiger partial charge in [-0.05, 0) is 0 Å². The van der Waals surface area contributed by atoms with E-state index in [-0.39, 0.29) is 22.4 Å². The van der Waals surface area contributed by atoms with Crippen LogP contribution in [0.5, 0.6) is 0 Å². The third-order valence-corrected chi connectivity index (χ3v) is 9.28. The van der Waals surface area contributed by atoms with Crippen LogP contribution >= 0.6 is 7.26 Å². The Balaban J connectivity index is 0.00000144. The van der Waals surface area contributed by atoms with E-state index in [2.05, 4.69) is 39.0 Å². The molecule has 0 unspecified atom stereocenters. The fraction of sp³-hybridized carbons (Fsp3) is 0.636. The van der Waals surface area contributed by atoms with Gasteiger partial charge < -0.3 is 0 Å². The van der Waals surface area contributed by atoms with Crippen molar-refractivity contribution in [1.29, 1.82) is 0 Å². The predicted molar refractivity (Wildman–Crippen MR) is 61.8 cm³/mol. The van der Waals surface area contributed by atoms with Gasteiger partial charge >= 0.3 is 76.5 Å². The molecule has 1 aliphatic carbocycles. The molecule has 0 atom stereocenters. The molecule has 0 nitrogen and oxygen atoms in total. The molecule has 0 spiro atoms. The van der Waals surface area contributed by atoms with Crippen molar-refractivity contribution in [3.8, 4) is 0 Å². The SMILES string of the molecule is CC[PH](CC)(CC)C1=CC=CC1.[Au]. The molecule has 81 valence electrons. The number of hydrogen-bond acceptors (Lipinski definition) is 0. The minimum atomic E-state index is -0.986. The van der Waals surface area contributed by atoms with Crippen molar-refractivity contribution in [2.45, 2.75) is 27.2 Å². The number of rotatable bonds is 4. The van der Waals surface area contributed by atoms with Gasteiger partial charge in [0, 0.05) is 22.4 Å². The van der Waals surface area contributed by atoms with Gasteiger partial charge in [-0.2, -0.15) is 0 Å². The van der Waals surface area contributed by atoms with Gasteiger partial charge in [-0.3, -0.25) is 0 Å². The second-order valence-electron chi connectivity index (χ2n) is 3.67. The van der Waals surface area contributed by atoms with Crippen LogP contribution in [0, 0.1) is 0 Å². The van der Waals surface area contributed by atoms with Gasteiger partial charge in [-0.1, -0.05) is 0 Å². The van der Waals surface area contributed by atoms with Crippen molar-refractivity contribution in [3.63, 3.8) is 0 Å². The minimum Gasteiger partial charge on any atom is 0 e. The Bertz CT molecular complexity index is 194. The van der Waals surface area contributed by atoms with Crippen LogP contribution in [0.3, 0.4) is 0 Å². The number of allylic oxidation sites excluding steroid dienone is 4. The maximum Gasteiger partial charge on any atom is 0 e. The Labute approximate surface area is 98.7 Å². The summed E-state index contributed by atoms with van der Waals surface area (Å²) in [5.41, 5.74) is 0. The van der Waals surface area contributed by atoms with Gasteiger partial charge in [0.2, 0.25) is 0 Å². The van der Waals surface area contributed by atoms with Crippen LogP contribution in [0.25, 0.3) is 0 Å². The van der Waals surface area contributed by atoms with E-state index in [0.29, 0.717) is 0 Å². The fourth-order valence-corrected chi connectivity index (χ4v) is 6.13. The van der Waals surface area contributed by atoms with E-state index < -0.39 is 7.26 Å². The van der Waals surface area contributed by atoms with E-state index in [4.69, 9.17) is 0 Å². The average Bonchev–Trinajstić information content (AvgIpc) is 2.62. The first kappa shape index (κ1) is 13.7. The van der Waals surface area contributed by atoms with Crippen molar-refractivity contribution < 1.29 is 22.4 Å². The molecule has 2 heteroatoms. The van der Waals surface area contributed by atoms with Crippen LogP contribution in [-0.4, -0.2) is 18.5 Å². The summed E-state index contributed by atoms with van der Waals surface area (Å²) in [5, 5.41) is 1.79. The zero-order valence-corrected chi connectivity index (χ0v) is 12.0. The number of hydrogen-bond donors (Lipinski definition) is 0. The Hall–Kier alpha value is 0.650. The van der Waals surface area contributed by atoms with Crippen LogP contribution < -0.4 is 0 Å². The van der Waals surface area contributed by atoms with Crippen LogP contribution in [-0.2, 0) is 22.4 Å². The van der Waals surface area contributed by atoms with Gasteiger partial charge in [0.25, 0.3) is 0 Å². The smallest absolute Gasteiger partial charge is 0 e. The molecule has 0 saturated heterocycles. The maximum atomic E-state index is 2.38. The zero-order valence-electron chi connectivity index (χ0n) is 8.86. The van der Waals surface area contributed by atoms with E-state index >= 15 is 0 Å². The largest absolute Gasteiger partial charge is 0 e. The topological polar surface area (TPSA) is 0 Å². The predicted octanol–water partition coefficient (Wildman–Crippen LogP) is 3.64. The van der Waals surface area contributed by atoms with Crippen molar-refractivity contribution >= 4 is 7.26 Å². The molecule has 1 radical (unpaired) electrons. The summed E-state index contributed by atoms with van der Waals surface area (Å²) in [5.74, 6) is 0. The summed E-state index contributed by atoms with van der Waals surface area (Å²) in [6.07, 6.45) is 12.4. The molecule has 1 rings (SSSR count). The molecule has 0 fully saturated rings. The first-order chi connectivity index (χ1) is 5.79. The fourth-order valence-electron chi connectivity index (χ4n) is 2.27. The zero-order chi connectivity index (χ0) is 9.03. The molecular weight excluding hydrogens is 360 g/mol. The summed E-state index contributed by atoms with van der Waals surface area (Å²) in [6.45, 7) is 7.12. The summed E-state index contributed by atoms with van der Waals surface area (Å²) in [7, 11) is -0.986. The molecule has 0 amide bonds.